The smallest absolute Gasteiger partial charge is 0.326 e. The van der Waals surface area contributed by atoms with E-state index in [1.165, 1.54) is 30.3 Å². The van der Waals surface area contributed by atoms with E-state index in [0.29, 0.717) is 25.3 Å². The number of rotatable bonds is 13. The quantitative estimate of drug-likeness (QED) is 0.179. The van der Waals surface area contributed by atoms with Gasteiger partial charge in [0.1, 0.15) is 17.5 Å². The second-order valence-electron chi connectivity index (χ2n) is 8.27. The van der Waals surface area contributed by atoms with E-state index in [-0.39, 0.29) is 22.8 Å². The fourth-order valence-corrected chi connectivity index (χ4v) is 4.68. The molecule has 13 heteroatoms. The molecule has 0 aromatic heterocycles. The number of phenols is 1. The Labute approximate surface area is 221 Å². The molecule has 3 rings (SSSR count). The highest BCUT2D eigenvalue weighted by atomic mass is 32.2. The second-order valence-corrected chi connectivity index (χ2v) is 9.98. The number of esters is 1. The van der Waals surface area contributed by atoms with E-state index in [2.05, 4.69) is 25.7 Å². The zero-order valence-electron chi connectivity index (χ0n) is 21.1. The van der Waals surface area contributed by atoms with Gasteiger partial charge in [0, 0.05) is 32.2 Å². The second kappa shape index (κ2) is 14.2. The van der Waals surface area contributed by atoms with Gasteiger partial charge in [0.05, 0.1) is 23.7 Å². The van der Waals surface area contributed by atoms with Crippen molar-refractivity contribution in [2.24, 2.45) is 4.99 Å². The van der Waals surface area contributed by atoms with Crippen molar-refractivity contribution in [3.63, 3.8) is 0 Å². The van der Waals surface area contributed by atoms with Crippen LogP contribution in [0.1, 0.15) is 30.1 Å². The molecule has 1 heterocycles. The highest BCUT2D eigenvalue weighted by Gasteiger charge is 2.27. The third-order valence-electron chi connectivity index (χ3n) is 5.38. The number of carbonyl (C=O) groups is 2. The number of ether oxygens (including phenoxy) is 2. The average molecular weight is 548 g/mol. The lowest BCUT2D eigenvalue weighted by Crippen LogP contribution is -2.49. The molecule has 0 unspecified atom stereocenters. The molecule has 0 saturated heterocycles. The van der Waals surface area contributed by atoms with E-state index in [1.807, 2.05) is 0 Å². The summed E-state index contributed by atoms with van der Waals surface area (Å²) in [7, 11) is -4.05. The Kier molecular flexibility index (Phi) is 10.7. The van der Waals surface area contributed by atoms with Crippen molar-refractivity contribution in [2.75, 3.05) is 39.4 Å². The maximum Gasteiger partial charge on any atom is 0.326 e. The Morgan fingerprint density at radius 1 is 1.18 bits per heavy atom. The maximum atomic E-state index is 12.7. The molecule has 0 spiro atoms. The van der Waals surface area contributed by atoms with E-state index in [4.69, 9.17) is 9.47 Å². The summed E-state index contributed by atoms with van der Waals surface area (Å²) in [5.41, 5.74) is -0.0612. The van der Waals surface area contributed by atoms with E-state index in [0.717, 1.165) is 25.5 Å². The van der Waals surface area contributed by atoms with Crippen LogP contribution in [-0.2, 0) is 19.6 Å². The molecule has 0 radical (unpaired) electrons. The zero-order valence-corrected chi connectivity index (χ0v) is 21.9. The number of aromatic hydroxyl groups is 1. The number of guanidine groups is 1. The highest BCUT2D eigenvalue weighted by Crippen LogP contribution is 2.23. The van der Waals surface area contributed by atoms with E-state index in [1.54, 1.807) is 25.1 Å². The van der Waals surface area contributed by atoms with Crippen LogP contribution in [0.25, 0.3) is 0 Å². The number of nitrogens with one attached hydrogen (secondary N) is 4. The SMILES string of the molecule is CCOC(=O)[C@H](CNC(=O)c1ccc(OCCCNC2=NCCCN2)cc1O)NS(=O)(=O)c1ccccc1. The number of benzene rings is 2. The van der Waals surface area contributed by atoms with Crippen LogP contribution in [-0.4, -0.2) is 76.8 Å². The Hall–Kier alpha value is -3.84. The summed E-state index contributed by atoms with van der Waals surface area (Å²) in [4.78, 5) is 29.3. The molecule has 2 aromatic carbocycles. The van der Waals surface area contributed by atoms with Crippen molar-refractivity contribution < 1.29 is 32.6 Å². The first kappa shape index (κ1) is 28.7. The lowest BCUT2D eigenvalue weighted by molar-refractivity contribution is -0.144. The van der Waals surface area contributed by atoms with Crippen LogP contribution in [0.15, 0.2) is 58.4 Å². The minimum atomic E-state index is -4.05. The van der Waals surface area contributed by atoms with E-state index >= 15 is 0 Å². The summed E-state index contributed by atoms with van der Waals surface area (Å²) in [5.74, 6) is -0.709. The van der Waals surface area contributed by atoms with Crippen molar-refractivity contribution >= 4 is 27.9 Å². The van der Waals surface area contributed by atoms with Crippen LogP contribution in [0, 0.1) is 0 Å². The largest absolute Gasteiger partial charge is 0.507 e. The third kappa shape index (κ3) is 8.63. The zero-order chi connectivity index (χ0) is 27.4. The summed E-state index contributed by atoms with van der Waals surface area (Å²) < 4.78 is 38.2. The summed E-state index contributed by atoms with van der Waals surface area (Å²) in [6, 6.07) is 10.4. The van der Waals surface area contributed by atoms with Crippen LogP contribution in [0.2, 0.25) is 0 Å². The number of aliphatic imine (C=N–C) groups is 1. The van der Waals surface area contributed by atoms with Crippen molar-refractivity contribution in [3.8, 4) is 11.5 Å². The molecular formula is C25H33N5O7S. The Morgan fingerprint density at radius 3 is 2.66 bits per heavy atom. The first-order chi connectivity index (χ1) is 18.3. The highest BCUT2D eigenvalue weighted by molar-refractivity contribution is 7.89. The monoisotopic (exact) mass is 547 g/mol. The summed E-state index contributed by atoms with van der Waals surface area (Å²) in [5, 5.41) is 19.2. The standard InChI is InChI=1S/C25H33N5O7S/c1-2-36-24(33)21(30-38(34,35)19-8-4-3-5-9-19)17-29-23(32)20-11-10-18(16-22(20)31)37-15-7-14-28-25-26-12-6-13-27-25/h3-5,8-11,16,21,30-31H,2,6-7,12-15,17H2,1H3,(H,29,32)(H2,26,27,28)/t21-/m0/s1. The predicted octanol–water partition coefficient (Wildman–Crippen LogP) is 0.740. The molecule has 1 aliphatic heterocycles. The van der Waals surface area contributed by atoms with Gasteiger partial charge in [-0.25, -0.2) is 8.42 Å². The lowest BCUT2D eigenvalue weighted by atomic mass is 10.1. The van der Waals surface area contributed by atoms with Crippen molar-refractivity contribution in [1.82, 2.24) is 20.7 Å². The van der Waals surface area contributed by atoms with Gasteiger partial charge in [-0.2, -0.15) is 4.72 Å². The van der Waals surface area contributed by atoms with Crippen LogP contribution in [0.3, 0.4) is 0 Å². The Balaban J connectivity index is 1.53. The number of hydrogen-bond acceptors (Lipinski definition) is 10. The summed E-state index contributed by atoms with van der Waals surface area (Å²) in [6.45, 7) is 3.96. The first-order valence-electron chi connectivity index (χ1n) is 12.3. The van der Waals surface area contributed by atoms with Gasteiger partial charge in [-0.15, -0.1) is 0 Å². The van der Waals surface area contributed by atoms with E-state index in [9.17, 15) is 23.1 Å². The van der Waals surface area contributed by atoms with Gasteiger partial charge in [-0.3, -0.25) is 14.6 Å². The van der Waals surface area contributed by atoms with Crippen molar-refractivity contribution in [3.05, 3.63) is 54.1 Å². The van der Waals surface area contributed by atoms with Crippen molar-refractivity contribution in [1.29, 1.82) is 0 Å². The van der Waals surface area contributed by atoms with Gasteiger partial charge >= 0.3 is 5.97 Å². The molecule has 0 aliphatic carbocycles. The summed E-state index contributed by atoms with van der Waals surface area (Å²) >= 11 is 0. The van der Waals surface area contributed by atoms with Crippen LogP contribution < -0.4 is 25.4 Å². The minimum Gasteiger partial charge on any atom is -0.507 e. The molecule has 1 amide bonds. The molecule has 0 fully saturated rings. The molecule has 1 atom stereocenters. The predicted molar refractivity (Wildman–Crippen MR) is 141 cm³/mol. The number of nitrogens with zero attached hydrogens (tertiary/aromatic N) is 1. The topological polar surface area (TPSA) is 167 Å². The minimum absolute atomic E-state index is 0.0281. The number of phenolic OH excluding ortho intramolecular Hbond substituents is 1. The van der Waals surface area contributed by atoms with Crippen LogP contribution in [0.4, 0.5) is 0 Å². The number of hydrogen-bond donors (Lipinski definition) is 5. The molecule has 0 bridgehead atoms. The number of amides is 1. The van der Waals surface area contributed by atoms with E-state index < -0.39 is 34.5 Å². The van der Waals surface area contributed by atoms with Gasteiger partial charge in [-0.05, 0) is 44.0 Å². The van der Waals surface area contributed by atoms with Crippen molar-refractivity contribution in [2.45, 2.75) is 30.7 Å². The molecule has 5 N–H and O–H groups in total. The van der Waals surface area contributed by atoms with Crippen LogP contribution >= 0.6 is 0 Å². The maximum absolute atomic E-state index is 12.7. The number of carbonyl (C=O) groups excluding carboxylic acids is 2. The van der Waals surface area contributed by atoms with Gasteiger partial charge in [0.2, 0.25) is 10.0 Å². The van der Waals surface area contributed by atoms with Gasteiger partial charge < -0.3 is 30.5 Å². The molecule has 206 valence electrons. The van der Waals surface area contributed by atoms with Crippen LogP contribution in [0.5, 0.6) is 11.5 Å². The Bertz CT molecular complexity index is 1220. The number of sulfonamides is 1. The molecular weight excluding hydrogens is 514 g/mol. The van der Waals surface area contributed by atoms with Gasteiger partial charge in [0.15, 0.2) is 5.96 Å². The normalized spacial score (nSPS) is 14.0. The fourth-order valence-electron chi connectivity index (χ4n) is 3.47. The van der Waals surface area contributed by atoms with Gasteiger partial charge in [0.25, 0.3) is 5.91 Å². The first-order valence-corrected chi connectivity index (χ1v) is 13.8. The Morgan fingerprint density at radius 2 is 1.97 bits per heavy atom. The molecule has 12 nitrogen and oxygen atoms in total. The molecule has 1 aliphatic rings. The summed E-state index contributed by atoms with van der Waals surface area (Å²) in [6.07, 6.45) is 1.71. The fraction of sp³-hybridized carbons (Fsp3) is 0.400. The average Bonchev–Trinajstić information content (AvgIpc) is 2.92. The lowest BCUT2D eigenvalue weighted by Gasteiger charge is -2.18. The molecule has 0 saturated carbocycles. The molecule has 2 aromatic rings. The molecule has 38 heavy (non-hydrogen) atoms. The third-order valence-corrected chi connectivity index (χ3v) is 6.87. The van der Waals surface area contributed by atoms with Gasteiger partial charge in [-0.1, -0.05) is 18.2 Å².